The van der Waals surface area contributed by atoms with Gasteiger partial charge in [0, 0.05) is 6.08 Å². The molecule has 1 aromatic heterocycles. The highest BCUT2D eigenvalue weighted by molar-refractivity contribution is 5.92. The van der Waals surface area contributed by atoms with E-state index in [0.717, 1.165) is 33.7 Å². The molecular weight excluding hydrogens is 398 g/mol. The number of fused-ring (bicyclic) bond motifs is 1. The van der Waals surface area contributed by atoms with E-state index in [9.17, 15) is 4.79 Å². The Morgan fingerprint density at radius 3 is 2.66 bits per heavy atom. The smallest absolute Gasteiger partial charge is 0.244 e. The molecule has 0 aliphatic rings. The number of nitrogens with one attached hydrogen (secondary N) is 1. The fraction of sp³-hybridized carbons (Fsp3) is 0.185. The summed E-state index contributed by atoms with van der Waals surface area (Å²) in [5.74, 6) is 1.50. The number of rotatable bonds is 8. The number of hydrogen-bond donors (Lipinski definition) is 1. The fourth-order valence-corrected chi connectivity index (χ4v) is 3.68. The summed E-state index contributed by atoms with van der Waals surface area (Å²) >= 11 is 0. The highest BCUT2D eigenvalue weighted by Gasteiger charge is 2.17. The Hall–Kier alpha value is -3.86. The molecule has 1 atom stereocenters. The molecule has 0 spiro atoms. The molecule has 3 aromatic carbocycles. The molecule has 0 saturated heterocycles. The van der Waals surface area contributed by atoms with E-state index in [1.807, 2.05) is 92.7 Å². The Morgan fingerprint density at radius 1 is 1.06 bits per heavy atom. The number of amides is 1. The van der Waals surface area contributed by atoms with E-state index < -0.39 is 0 Å². The standard InChI is InChI=1S/C27H27N3O2/c1-20-9-8-12-23(19-20)32-18-17-30-25-14-7-6-13-24(25)29-27(30)21(2)28-26(31)16-15-22-10-4-3-5-11-22/h3-16,19,21H,17-18H2,1-2H3,(H,28,31)/b16-15-. The minimum atomic E-state index is -0.255. The number of imidazole rings is 1. The highest BCUT2D eigenvalue weighted by atomic mass is 16.5. The molecule has 4 rings (SSSR count). The van der Waals surface area contributed by atoms with Crippen LogP contribution < -0.4 is 10.1 Å². The lowest BCUT2D eigenvalue weighted by molar-refractivity contribution is -0.117. The summed E-state index contributed by atoms with van der Waals surface area (Å²) in [5, 5.41) is 3.03. The topological polar surface area (TPSA) is 56.1 Å². The van der Waals surface area contributed by atoms with Gasteiger partial charge in [0.15, 0.2) is 0 Å². The predicted molar refractivity (Wildman–Crippen MR) is 128 cm³/mol. The van der Waals surface area contributed by atoms with Gasteiger partial charge in [-0.3, -0.25) is 4.79 Å². The lowest BCUT2D eigenvalue weighted by Gasteiger charge is -2.16. The highest BCUT2D eigenvalue weighted by Crippen LogP contribution is 2.21. The molecule has 0 bridgehead atoms. The molecule has 4 aromatic rings. The zero-order valence-corrected chi connectivity index (χ0v) is 18.4. The van der Waals surface area contributed by atoms with Gasteiger partial charge in [-0.2, -0.15) is 0 Å². The number of nitrogens with zero attached hydrogens (tertiary/aromatic N) is 2. The number of ether oxygens (including phenoxy) is 1. The molecule has 162 valence electrons. The summed E-state index contributed by atoms with van der Waals surface area (Å²) in [4.78, 5) is 17.3. The number of aromatic nitrogens is 2. The van der Waals surface area contributed by atoms with Gasteiger partial charge in [0.1, 0.15) is 18.2 Å². The van der Waals surface area contributed by atoms with Crippen LogP contribution in [0.25, 0.3) is 17.1 Å². The lowest BCUT2D eigenvalue weighted by Crippen LogP contribution is -2.27. The van der Waals surface area contributed by atoms with Crippen LogP contribution in [0.5, 0.6) is 5.75 Å². The molecule has 32 heavy (non-hydrogen) atoms. The largest absolute Gasteiger partial charge is 0.492 e. The number of hydrogen-bond acceptors (Lipinski definition) is 3. The van der Waals surface area contributed by atoms with Crippen molar-refractivity contribution in [2.45, 2.75) is 26.4 Å². The van der Waals surface area contributed by atoms with Crippen LogP contribution in [-0.2, 0) is 11.3 Å². The molecule has 0 aliphatic carbocycles. The molecule has 1 heterocycles. The zero-order chi connectivity index (χ0) is 22.3. The lowest BCUT2D eigenvalue weighted by atomic mass is 10.2. The van der Waals surface area contributed by atoms with Crippen molar-refractivity contribution in [2.75, 3.05) is 6.61 Å². The van der Waals surface area contributed by atoms with Crippen molar-refractivity contribution in [1.29, 1.82) is 0 Å². The first-order valence-corrected chi connectivity index (χ1v) is 10.8. The summed E-state index contributed by atoms with van der Waals surface area (Å²) in [7, 11) is 0. The first-order valence-electron chi connectivity index (χ1n) is 10.8. The van der Waals surface area contributed by atoms with Gasteiger partial charge in [-0.25, -0.2) is 4.98 Å². The summed E-state index contributed by atoms with van der Waals surface area (Å²) in [6.45, 7) is 5.13. The third-order valence-corrected chi connectivity index (χ3v) is 5.23. The van der Waals surface area contributed by atoms with E-state index >= 15 is 0 Å². The monoisotopic (exact) mass is 425 g/mol. The summed E-state index contributed by atoms with van der Waals surface area (Å²) < 4.78 is 8.09. The van der Waals surface area contributed by atoms with Crippen LogP contribution in [0.2, 0.25) is 0 Å². The number of carbonyl (C=O) groups is 1. The number of carbonyl (C=O) groups excluding carboxylic acids is 1. The summed E-state index contributed by atoms with van der Waals surface area (Å²) in [6, 6.07) is 25.5. The second-order valence-corrected chi connectivity index (χ2v) is 7.75. The second-order valence-electron chi connectivity index (χ2n) is 7.75. The maximum Gasteiger partial charge on any atom is 0.244 e. The van der Waals surface area contributed by atoms with E-state index in [0.29, 0.717) is 13.2 Å². The van der Waals surface area contributed by atoms with Crippen molar-refractivity contribution < 1.29 is 9.53 Å². The minimum absolute atomic E-state index is 0.157. The molecule has 0 fully saturated rings. The van der Waals surface area contributed by atoms with Crippen molar-refractivity contribution in [2.24, 2.45) is 0 Å². The molecular formula is C27H27N3O2. The SMILES string of the molecule is Cc1cccc(OCCn2c(C(C)NC(=O)/C=C\c3ccccc3)nc3ccccc32)c1. The minimum Gasteiger partial charge on any atom is -0.492 e. The molecule has 0 radical (unpaired) electrons. The zero-order valence-electron chi connectivity index (χ0n) is 18.4. The van der Waals surface area contributed by atoms with Crippen molar-refractivity contribution in [3.63, 3.8) is 0 Å². The molecule has 1 amide bonds. The quantitative estimate of drug-likeness (QED) is 0.389. The Labute approximate surface area is 188 Å². The maximum absolute atomic E-state index is 12.5. The molecule has 5 heteroatoms. The normalized spacial score (nSPS) is 12.2. The van der Waals surface area contributed by atoms with Gasteiger partial charge in [0.05, 0.1) is 23.6 Å². The van der Waals surface area contributed by atoms with Gasteiger partial charge >= 0.3 is 0 Å². The number of benzene rings is 3. The first kappa shape index (κ1) is 21.4. The molecule has 0 aliphatic heterocycles. The van der Waals surface area contributed by atoms with Crippen LogP contribution >= 0.6 is 0 Å². The van der Waals surface area contributed by atoms with Crippen LogP contribution in [0.3, 0.4) is 0 Å². The van der Waals surface area contributed by atoms with Gasteiger partial charge in [0.2, 0.25) is 5.91 Å². The Morgan fingerprint density at radius 2 is 1.84 bits per heavy atom. The number of aryl methyl sites for hydroxylation is 1. The Kier molecular flexibility index (Phi) is 6.66. The Balaban J connectivity index is 1.48. The van der Waals surface area contributed by atoms with E-state index in [1.165, 1.54) is 0 Å². The predicted octanol–water partition coefficient (Wildman–Crippen LogP) is 5.31. The van der Waals surface area contributed by atoms with Gasteiger partial charge in [-0.15, -0.1) is 0 Å². The first-order chi connectivity index (χ1) is 15.6. The van der Waals surface area contributed by atoms with Gasteiger partial charge in [-0.1, -0.05) is 54.6 Å². The molecule has 5 nitrogen and oxygen atoms in total. The fourth-order valence-electron chi connectivity index (χ4n) is 3.68. The van der Waals surface area contributed by atoms with E-state index in [1.54, 1.807) is 12.2 Å². The van der Waals surface area contributed by atoms with E-state index in [-0.39, 0.29) is 11.9 Å². The average Bonchev–Trinajstić information content (AvgIpc) is 3.17. The Bertz CT molecular complexity index is 1230. The van der Waals surface area contributed by atoms with Crippen LogP contribution in [0.15, 0.2) is 84.9 Å². The summed E-state index contributed by atoms with van der Waals surface area (Å²) in [5.41, 5.74) is 4.07. The molecule has 1 N–H and O–H groups in total. The van der Waals surface area contributed by atoms with Crippen molar-refractivity contribution in [3.8, 4) is 5.75 Å². The number of para-hydroxylation sites is 2. The van der Waals surface area contributed by atoms with Crippen LogP contribution in [0.4, 0.5) is 0 Å². The van der Waals surface area contributed by atoms with E-state index in [4.69, 9.17) is 9.72 Å². The van der Waals surface area contributed by atoms with Gasteiger partial charge in [-0.05, 0) is 55.3 Å². The second kappa shape index (κ2) is 9.96. The van der Waals surface area contributed by atoms with Crippen molar-refractivity contribution in [1.82, 2.24) is 14.9 Å². The third-order valence-electron chi connectivity index (χ3n) is 5.23. The van der Waals surface area contributed by atoms with Crippen molar-refractivity contribution in [3.05, 3.63) is 102 Å². The third kappa shape index (κ3) is 5.24. The average molecular weight is 426 g/mol. The van der Waals surface area contributed by atoms with Crippen molar-refractivity contribution >= 4 is 23.0 Å². The van der Waals surface area contributed by atoms with E-state index in [2.05, 4.69) is 9.88 Å². The molecule has 0 saturated carbocycles. The molecule has 1 unspecified atom stereocenters. The van der Waals surface area contributed by atoms with Gasteiger partial charge in [0.25, 0.3) is 0 Å². The van der Waals surface area contributed by atoms with Crippen LogP contribution in [0, 0.1) is 6.92 Å². The maximum atomic E-state index is 12.5. The van der Waals surface area contributed by atoms with Crippen LogP contribution in [-0.4, -0.2) is 22.1 Å². The van der Waals surface area contributed by atoms with Gasteiger partial charge < -0.3 is 14.6 Å². The van der Waals surface area contributed by atoms with Crippen LogP contribution in [0.1, 0.15) is 29.9 Å². The summed E-state index contributed by atoms with van der Waals surface area (Å²) in [6.07, 6.45) is 3.36.